The number of amides is 2. The summed E-state index contributed by atoms with van der Waals surface area (Å²) >= 11 is 0. The van der Waals surface area contributed by atoms with Crippen LogP contribution < -0.4 is 5.73 Å². The first-order valence-electron chi connectivity index (χ1n) is 8.92. The van der Waals surface area contributed by atoms with Crippen molar-refractivity contribution in [3.63, 3.8) is 0 Å². The third kappa shape index (κ3) is 3.18. The standard InChI is InChI=1S/C19H27N3O2/c1-15(23)22-12-11-21(14-19(22)9-3-2-4-10-19)18(24)17-7-5-16(13-20)6-8-17/h5-8H,2-4,9-14,20H2,1H3. The van der Waals surface area contributed by atoms with Crippen LogP contribution in [0.4, 0.5) is 0 Å². The molecule has 2 N–H and O–H groups in total. The summed E-state index contributed by atoms with van der Waals surface area (Å²) in [7, 11) is 0. The fourth-order valence-electron chi connectivity index (χ4n) is 4.25. The highest BCUT2D eigenvalue weighted by atomic mass is 16.2. The Morgan fingerprint density at radius 2 is 1.75 bits per heavy atom. The van der Waals surface area contributed by atoms with Gasteiger partial charge in [-0.3, -0.25) is 9.59 Å². The van der Waals surface area contributed by atoms with Crippen molar-refractivity contribution in [3.8, 4) is 0 Å². The molecular weight excluding hydrogens is 302 g/mol. The quantitative estimate of drug-likeness (QED) is 0.904. The van der Waals surface area contributed by atoms with Crippen LogP contribution in [-0.2, 0) is 11.3 Å². The summed E-state index contributed by atoms with van der Waals surface area (Å²) in [4.78, 5) is 28.9. The topological polar surface area (TPSA) is 66.6 Å². The van der Waals surface area contributed by atoms with Crippen LogP contribution in [0.25, 0.3) is 0 Å². The fraction of sp³-hybridized carbons (Fsp3) is 0.579. The number of carbonyl (C=O) groups is 2. The van der Waals surface area contributed by atoms with Gasteiger partial charge in [-0.25, -0.2) is 0 Å². The van der Waals surface area contributed by atoms with E-state index in [-0.39, 0.29) is 17.4 Å². The lowest BCUT2D eigenvalue weighted by Gasteiger charge is -2.52. The van der Waals surface area contributed by atoms with Gasteiger partial charge in [0, 0.05) is 38.7 Å². The highest BCUT2D eigenvalue weighted by Crippen LogP contribution is 2.37. The minimum atomic E-state index is -0.158. The van der Waals surface area contributed by atoms with Crippen LogP contribution in [0.1, 0.15) is 54.9 Å². The predicted molar refractivity (Wildman–Crippen MR) is 93.4 cm³/mol. The zero-order chi connectivity index (χ0) is 17.2. The molecule has 0 bridgehead atoms. The summed E-state index contributed by atoms with van der Waals surface area (Å²) < 4.78 is 0. The van der Waals surface area contributed by atoms with E-state index in [9.17, 15) is 9.59 Å². The normalized spacial score (nSPS) is 20.2. The van der Waals surface area contributed by atoms with Crippen molar-refractivity contribution < 1.29 is 9.59 Å². The minimum Gasteiger partial charge on any atom is -0.335 e. The van der Waals surface area contributed by atoms with Crippen molar-refractivity contribution in [3.05, 3.63) is 35.4 Å². The highest BCUT2D eigenvalue weighted by molar-refractivity contribution is 5.94. The zero-order valence-electron chi connectivity index (χ0n) is 14.5. The zero-order valence-corrected chi connectivity index (χ0v) is 14.5. The Kier molecular flexibility index (Phi) is 4.90. The van der Waals surface area contributed by atoms with Crippen LogP contribution in [0.15, 0.2) is 24.3 Å². The third-order valence-electron chi connectivity index (χ3n) is 5.54. The summed E-state index contributed by atoms with van der Waals surface area (Å²) in [5.74, 6) is 0.197. The molecule has 1 heterocycles. The van der Waals surface area contributed by atoms with Crippen LogP contribution in [-0.4, -0.2) is 46.8 Å². The molecule has 2 amide bonds. The van der Waals surface area contributed by atoms with Crippen molar-refractivity contribution in [2.24, 2.45) is 5.73 Å². The second kappa shape index (κ2) is 6.93. The molecule has 3 rings (SSSR count). The molecule has 1 saturated heterocycles. The van der Waals surface area contributed by atoms with Gasteiger partial charge in [0.05, 0.1) is 5.54 Å². The summed E-state index contributed by atoms with van der Waals surface area (Å²) in [6.45, 7) is 4.04. The van der Waals surface area contributed by atoms with Crippen molar-refractivity contribution >= 4 is 11.8 Å². The van der Waals surface area contributed by atoms with Gasteiger partial charge in [0.15, 0.2) is 0 Å². The molecule has 1 saturated carbocycles. The highest BCUT2D eigenvalue weighted by Gasteiger charge is 2.44. The van der Waals surface area contributed by atoms with E-state index in [1.165, 1.54) is 6.42 Å². The molecule has 0 atom stereocenters. The van der Waals surface area contributed by atoms with Gasteiger partial charge in [-0.1, -0.05) is 31.4 Å². The maximum atomic E-state index is 12.9. The van der Waals surface area contributed by atoms with Gasteiger partial charge in [-0.15, -0.1) is 0 Å². The first kappa shape index (κ1) is 17.0. The van der Waals surface area contributed by atoms with E-state index in [1.54, 1.807) is 6.92 Å². The largest absolute Gasteiger partial charge is 0.335 e. The smallest absolute Gasteiger partial charge is 0.253 e. The molecule has 1 aliphatic carbocycles. The van der Waals surface area contributed by atoms with E-state index >= 15 is 0 Å². The number of benzene rings is 1. The molecule has 1 aromatic rings. The van der Waals surface area contributed by atoms with E-state index in [2.05, 4.69) is 0 Å². The van der Waals surface area contributed by atoms with Crippen LogP contribution in [0.2, 0.25) is 0 Å². The van der Waals surface area contributed by atoms with Crippen LogP contribution >= 0.6 is 0 Å². The van der Waals surface area contributed by atoms with Crippen LogP contribution in [0, 0.1) is 0 Å². The Morgan fingerprint density at radius 3 is 2.33 bits per heavy atom. The lowest BCUT2D eigenvalue weighted by Crippen LogP contribution is -2.65. The molecular formula is C19H27N3O2. The summed E-state index contributed by atoms with van der Waals surface area (Å²) in [6.07, 6.45) is 5.50. The number of hydrogen-bond donors (Lipinski definition) is 1. The van der Waals surface area contributed by atoms with Gasteiger partial charge in [0.25, 0.3) is 5.91 Å². The SMILES string of the molecule is CC(=O)N1CCN(C(=O)c2ccc(CN)cc2)CC12CCCCC2. The van der Waals surface area contributed by atoms with Crippen LogP contribution in [0.5, 0.6) is 0 Å². The van der Waals surface area contributed by atoms with Gasteiger partial charge >= 0.3 is 0 Å². The molecule has 0 unspecified atom stereocenters. The summed E-state index contributed by atoms with van der Waals surface area (Å²) in [6, 6.07) is 7.54. The minimum absolute atomic E-state index is 0.0618. The average Bonchev–Trinajstić information content (AvgIpc) is 2.61. The Hall–Kier alpha value is -1.88. The molecule has 1 aliphatic heterocycles. The molecule has 1 spiro atoms. The van der Waals surface area contributed by atoms with E-state index in [4.69, 9.17) is 5.73 Å². The van der Waals surface area contributed by atoms with Crippen LogP contribution in [0.3, 0.4) is 0 Å². The maximum Gasteiger partial charge on any atom is 0.253 e. The van der Waals surface area contributed by atoms with Gasteiger partial charge in [0.2, 0.25) is 5.91 Å². The Bertz CT molecular complexity index is 606. The number of nitrogens with zero attached hydrogens (tertiary/aromatic N) is 2. The summed E-state index contributed by atoms with van der Waals surface area (Å²) in [5, 5.41) is 0. The first-order valence-corrected chi connectivity index (χ1v) is 8.92. The maximum absolute atomic E-state index is 12.9. The molecule has 1 aromatic carbocycles. The molecule has 0 aromatic heterocycles. The Labute approximate surface area is 143 Å². The third-order valence-corrected chi connectivity index (χ3v) is 5.54. The number of carbonyl (C=O) groups excluding carboxylic acids is 2. The average molecular weight is 329 g/mol. The lowest BCUT2D eigenvalue weighted by atomic mass is 9.78. The summed E-state index contributed by atoms with van der Waals surface area (Å²) in [5.41, 5.74) is 7.19. The van der Waals surface area contributed by atoms with Gasteiger partial charge in [-0.2, -0.15) is 0 Å². The number of hydrogen-bond acceptors (Lipinski definition) is 3. The Balaban J connectivity index is 1.79. The monoisotopic (exact) mass is 329 g/mol. The molecule has 24 heavy (non-hydrogen) atoms. The second-order valence-electron chi connectivity index (χ2n) is 7.08. The number of nitrogens with two attached hydrogens (primary N) is 1. The first-order chi connectivity index (χ1) is 11.6. The lowest BCUT2D eigenvalue weighted by molar-refractivity contribution is -0.141. The second-order valence-corrected chi connectivity index (χ2v) is 7.08. The van der Waals surface area contributed by atoms with Crippen molar-refractivity contribution in [2.75, 3.05) is 19.6 Å². The molecule has 0 radical (unpaired) electrons. The number of piperazine rings is 1. The van der Waals surface area contributed by atoms with Gasteiger partial charge < -0.3 is 15.5 Å². The molecule has 5 nitrogen and oxygen atoms in total. The Morgan fingerprint density at radius 1 is 1.08 bits per heavy atom. The molecule has 5 heteroatoms. The fourth-order valence-corrected chi connectivity index (χ4v) is 4.25. The number of rotatable bonds is 2. The van der Waals surface area contributed by atoms with Crippen molar-refractivity contribution in [2.45, 2.75) is 51.1 Å². The van der Waals surface area contributed by atoms with E-state index in [0.29, 0.717) is 31.7 Å². The molecule has 130 valence electrons. The predicted octanol–water partition coefficient (Wildman–Crippen LogP) is 2.15. The molecule has 2 aliphatic rings. The van der Waals surface area contributed by atoms with Gasteiger partial charge in [0.1, 0.15) is 0 Å². The van der Waals surface area contributed by atoms with Gasteiger partial charge in [-0.05, 0) is 30.5 Å². The van der Waals surface area contributed by atoms with E-state index in [1.807, 2.05) is 34.1 Å². The van der Waals surface area contributed by atoms with Crippen molar-refractivity contribution in [1.82, 2.24) is 9.80 Å². The van der Waals surface area contributed by atoms with E-state index < -0.39 is 0 Å². The van der Waals surface area contributed by atoms with Crippen molar-refractivity contribution in [1.29, 1.82) is 0 Å². The molecule has 2 fully saturated rings. The van der Waals surface area contributed by atoms with E-state index in [0.717, 1.165) is 31.2 Å².